The Morgan fingerprint density at radius 2 is 1.90 bits per heavy atom. The quantitative estimate of drug-likeness (QED) is 0.517. The normalized spacial score (nSPS) is 11.3. The van der Waals surface area contributed by atoms with Crippen LogP contribution in [0.2, 0.25) is 5.02 Å². The smallest absolute Gasteiger partial charge is 0.418 e. The molecule has 0 fully saturated rings. The Labute approximate surface area is 180 Å². The summed E-state index contributed by atoms with van der Waals surface area (Å²) in [6.45, 7) is 0.116. The first kappa shape index (κ1) is 21.9. The second-order valence-corrected chi connectivity index (χ2v) is 7.82. The van der Waals surface area contributed by atoms with Crippen LogP contribution in [0.4, 0.5) is 24.5 Å². The number of amides is 1. The summed E-state index contributed by atoms with van der Waals surface area (Å²) in [4.78, 5) is 18.1. The van der Waals surface area contributed by atoms with Crippen LogP contribution >= 0.6 is 22.9 Å². The van der Waals surface area contributed by atoms with Crippen LogP contribution < -0.4 is 15.0 Å². The molecule has 5 nitrogen and oxygen atoms in total. The first-order valence-electron chi connectivity index (χ1n) is 8.66. The Morgan fingerprint density at radius 1 is 1.20 bits per heavy atom. The molecule has 0 aliphatic heterocycles. The fraction of sp³-hybridized carbons (Fsp3) is 0.200. The number of nitrogens with one attached hydrogen (secondary N) is 1. The zero-order valence-corrected chi connectivity index (χ0v) is 17.5. The van der Waals surface area contributed by atoms with Crippen LogP contribution in [-0.4, -0.2) is 25.0 Å². The predicted molar refractivity (Wildman–Crippen MR) is 112 cm³/mol. The molecule has 0 bridgehead atoms. The molecule has 158 valence electrons. The van der Waals surface area contributed by atoms with E-state index in [4.69, 9.17) is 16.3 Å². The number of carbonyl (C=O) groups excluding carboxylic acids is 1. The molecule has 1 heterocycles. The molecule has 0 saturated heterocycles. The molecule has 2 aromatic carbocycles. The number of carbonyl (C=O) groups is 1. The van der Waals surface area contributed by atoms with Crippen LogP contribution in [-0.2, 0) is 12.8 Å². The molecule has 3 rings (SSSR count). The van der Waals surface area contributed by atoms with Gasteiger partial charge >= 0.3 is 6.18 Å². The van der Waals surface area contributed by atoms with Gasteiger partial charge in [0.1, 0.15) is 23.1 Å². The average molecular weight is 456 g/mol. The number of rotatable bonds is 6. The zero-order chi connectivity index (χ0) is 21.9. The maximum absolute atomic E-state index is 13.4. The number of aromatic nitrogens is 1. The third-order valence-electron chi connectivity index (χ3n) is 4.03. The predicted octanol–water partition coefficient (Wildman–Crippen LogP) is 5.71. The molecular weight excluding hydrogens is 439 g/mol. The maximum atomic E-state index is 13.4. The van der Waals surface area contributed by atoms with Crippen LogP contribution in [0.3, 0.4) is 0 Å². The van der Waals surface area contributed by atoms with Crippen molar-refractivity contribution < 1.29 is 22.7 Å². The van der Waals surface area contributed by atoms with Crippen molar-refractivity contribution in [1.82, 2.24) is 4.98 Å². The van der Waals surface area contributed by atoms with Crippen LogP contribution in [0.5, 0.6) is 5.75 Å². The molecule has 0 radical (unpaired) electrons. The largest absolute Gasteiger partial charge is 0.486 e. The van der Waals surface area contributed by atoms with Gasteiger partial charge in [-0.2, -0.15) is 13.2 Å². The van der Waals surface area contributed by atoms with E-state index >= 15 is 0 Å². The highest BCUT2D eigenvalue weighted by atomic mass is 35.5. The van der Waals surface area contributed by atoms with E-state index in [1.165, 1.54) is 28.8 Å². The first-order chi connectivity index (χ1) is 14.1. The number of nitrogens with zero attached hydrogens (tertiary/aromatic N) is 2. The molecule has 0 spiro atoms. The lowest BCUT2D eigenvalue weighted by Crippen LogP contribution is -2.18. The van der Waals surface area contributed by atoms with Crippen molar-refractivity contribution in [2.75, 3.05) is 24.3 Å². The fourth-order valence-electron chi connectivity index (χ4n) is 2.50. The lowest BCUT2D eigenvalue weighted by Gasteiger charge is -2.18. The van der Waals surface area contributed by atoms with Crippen molar-refractivity contribution in [3.8, 4) is 5.75 Å². The van der Waals surface area contributed by atoms with Gasteiger partial charge in [0.25, 0.3) is 5.91 Å². The van der Waals surface area contributed by atoms with E-state index in [0.29, 0.717) is 21.5 Å². The van der Waals surface area contributed by atoms with Gasteiger partial charge in [0.05, 0.1) is 11.3 Å². The van der Waals surface area contributed by atoms with Crippen molar-refractivity contribution in [2.45, 2.75) is 12.8 Å². The fourth-order valence-corrected chi connectivity index (χ4v) is 3.31. The molecule has 10 heteroatoms. The number of anilines is 2. The van der Waals surface area contributed by atoms with Crippen LogP contribution in [0, 0.1) is 0 Å². The molecule has 3 aromatic rings. The van der Waals surface area contributed by atoms with Crippen molar-refractivity contribution >= 4 is 40.2 Å². The van der Waals surface area contributed by atoms with E-state index in [1.807, 2.05) is 0 Å². The van der Waals surface area contributed by atoms with Gasteiger partial charge in [-0.05, 0) is 42.5 Å². The second-order valence-electron chi connectivity index (χ2n) is 6.45. The van der Waals surface area contributed by atoms with Gasteiger partial charge in [0.15, 0.2) is 0 Å². The summed E-state index contributed by atoms with van der Waals surface area (Å²) < 4.78 is 45.8. The third kappa shape index (κ3) is 5.43. The van der Waals surface area contributed by atoms with Crippen molar-refractivity contribution in [2.24, 2.45) is 0 Å². The standard InChI is InChI=1S/C20H17ClF3N3O2S/c1-27(2)13-5-8-16(15(9-13)20(22,23)24)26-19(28)17-11-30-18(25-17)10-29-14-6-3-12(21)4-7-14/h3-9,11H,10H2,1-2H3,(H,26,28). The molecule has 0 unspecified atom stereocenters. The van der Waals surface area contributed by atoms with Gasteiger partial charge in [0, 0.05) is 30.2 Å². The van der Waals surface area contributed by atoms with Gasteiger partial charge in [-0.1, -0.05) is 11.6 Å². The van der Waals surface area contributed by atoms with Crippen molar-refractivity contribution in [3.63, 3.8) is 0 Å². The van der Waals surface area contributed by atoms with Gasteiger partial charge < -0.3 is 15.0 Å². The number of thiazole rings is 1. The number of halogens is 4. The Kier molecular flexibility index (Phi) is 6.52. The van der Waals surface area contributed by atoms with E-state index in [9.17, 15) is 18.0 Å². The van der Waals surface area contributed by atoms with E-state index in [0.717, 1.165) is 6.07 Å². The molecule has 0 saturated carbocycles. The van der Waals surface area contributed by atoms with Gasteiger partial charge in [0.2, 0.25) is 0 Å². The van der Waals surface area contributed by atoms with E-state index in [2.05, 4.69) is 10.3 Å². The highest BCUT2D eigenvalue weighted by Crippen LogP contribution is 2.37. The number of hydrogen-bond acceptors (Lipinski definition) is 5. The lowest BCUT2D eigenvalue weighted by atomic mass is 10.1. The Morgan fingerprint density at radius 3 is 2.53 bits per heavy atom. The summed E-state index contributed by atoms with van der Waals surface area (Å²) in [6, 6.07) is 10.5. The molecule has 0 atom stereocenters. The molecule has 0 aliphatic rings. The minimum Gasteiger partial charge on any atom is -0.486 e. The molecule has 30 heavy (non-hydrogen) atoms. The minimum atomic E-state index is -4.62. The van der Waals surface area contributed by atoms with Crippen LogP contribution in [0.15, 0.2) is 47.8 Å². The summed E-state index contributed by atoms with van der Waals surface area (Å²) in [6.07, 6.45) is -4.62. The zero-order valence-electron chi connectivity index (χ0n) is 16.0. The SMILES string of the molecule is CN(C)c1ccc(NC(=O)c2csc(COc3ccc(Cl)cc3)n2)c(C(F)(F)F)c1. The average Bonchev–Trinajstić information content (AvgIpc) is 3.16. The number of hydrogen-bond donors (Lipinski definition) is 1. The van der Waals surface area contributed by atoms with E-state index < -0.39 is 17.6 Å². The monoisotopic (exact) mass is 455 g/mol. The minimum absolute atomic E-state index is 0.0134. The Balaban J connectivity index is 1.71. The summed E-state index contributed by atoms with van der Waals surface area (Å²) in [5.74, 6) is -0.150. The van der Waals surface area contributed by atoms with Gasteiger partial charge in [-0.25, -0.2) is 4.98 Å². The Bertz CT molecular complexity index is 1040. The lowest BCUT2D eigenvalue weighted by molar-refractivity contribution is -0.136. The molecular formula is C20H17ClF3N3O2S. The van der Waals surface area contributed by atoms with Crippen molar-refractivity contribution in [1.29, 1.82) is 0 Å². The topological polar surface area (TPSA) is 54.5 Å². The summed E-state index contributed by atoms with van der Waals surface area (Å²) in [5, 5.41) is 4.86. The summed E-state index contributed by atoms with van der Waals surface area (Å²) in [5.41, 5.74) is -0.872. The highest BCUT2D eigenvalue weighted by molar-refractivity contribution is 7.09. The molecule has 1 aromatic heterocycles. The third-order valence-corrected chi connectivity index (χ3v) is 5.11. The summed E-state index contributed by atoms with van der Waals surface area (Å²) >= 11 is 6.99. The number of ether oxygens (including phenoxy) is 1. The highest BCUT2D eigenvalue weighted by Gasteiger charge is 2.34. The van der Waals surface area contributed by atoms with Crippen LogP contribution in [0.25, 0.3) is 0 Å². The second kappa shape index (κ2) is 8.93. The van der Waals surface area contributed by atoms with Gasteiger partial charge in [-0.3, -0.25) is 4.79 Å². The van der Waals surface area contributed by atoms with Crippen LogP contribution in [0.1, 0.15) is 21.1 Å². The first-order valence-corrected chi connectivity index (χ1v) is 9.92. The maximum Gasteiger partial charge on any atom is 0.418 e. The molecule has 1 N–H and O–H groups in total. The van der Waals surface area contributed by atoms with E-state index in [-0.39, 0.29) is 18.0 Å². The van der Waals surface area contributed by atoms with Crippen molar-refractivity contribution in [3.05, 3.63) is 69.1 Å². The summed E-state index contributed by atoms with van der Waals surface area (Å²) in [7, 11) is 3.27. The van der Waals surface area contributed by atoms with E-state index in [1.54, 1.807) is 43.3 Å². The Hall–Kier alpha value is -2.78. The molecule has 0 aliphatic carbocycles. The number of benzene rings is 2. The number of alkyl halides is 3. The van der Waals surface area contributed by atoms with Gasteiger partial charge in [-0.15, -0.1) is 11.3 Å². The molecule has 1 amide bonds.